The summed E-state index contributed by atoms with van der Waals surface area (Å²) >= 11 is 0. The lowest BCUT2D eigenvalue weighted by molar-refractivity contribution is -0.160. The first-order chi connectivity index (χ1) is 22.4. The van der Waals surface area contributed by atoms with E-state index in [1.54, 1.807) is 6.92 Å². The normalized spacial score (nSPS) is 16.1. The number of aromatic nitrogens is 4. The largest absolute Gasteiger partial charge is 0.490 e. The van der Waals surface area contributed by atoms with E-state index in [0.29, 0.717) is 58.0 Å². The summed E-state index contributed by atoms with van der Waals surface area (Å²) in [5, 5.41) is 14.6. The molecule has 0 aliphatic carbocycles. The lowest BCUT2D eigenvalue weighted by Gasteiger charge is -2.29. The molecule has 1 atom stereocenters. The number of benzene rings is 1. The molecule has 0 unspecified atom stereocenters. The van der Waals surface area contributed by atoms with Crippen molar-refractivity contribution in [2.75, 3.05) is 51.3 Å². The molecule has 12 heteroatoms. The SMILES string of the molecule is Cc1nc2c(cc(-c3cc(NCCN4CCOCC4)ncn3)n2C)c(-c2cc(F)c3c(c2C)CCCO3)c1[C@H](OC(C)(C)C)C(=O)O. The molecule has 0 amide bonds. The van der Waals surface area contributed by atoms with E-state index in [1.807, 2.05) is 51.4 Å². The van der Waals surface area contributed by atoms with Crippen LogP contribution in [0.25, 0.3) is 33.5 Å². The number of pyridine rings is 1. The van der Waals surface area contributed by atoms with Gasteiger partial charge in [-0.1, -0.05) is 0 Å². The minimum Gasteiger partial charge on any atom is -0.490 e. The smallest absolute Gasteiger partial charge is 0.337 e. The molecule has 2 aliphatic heterocycles. The molecule has 0 bridgehead atoms. The van der Waals surface area contributed by atoms with E-state index in [0.717, 1.165) is 62.6 Å². The van der Waals surface area contributed by atoms with E-state index < -0.39 is 23.5 Å². The Balaban J connectivity index is 1.50. The molecule has 1 saturated heterocycles. The van der Waals surface area contributed by atoms with Crippen molar-refractivity contribution >= 4 is 22.8 Å². The van der Waals surface area contributed by atoms with E-state index in [-0.39, 0.29) is 5.75 Å². The highest BCUT2D eigenvalue weighted by Gasteiger charge is 2.34. The summed E-state index contributed by atoms with van der Waals surface area (Å²) in [7, 11) is 1.90. The maximum Gasteiger partial charge on any atom is 0.337 e. The molecule has 1 fully saturated rings. The highest BCUT2D eigenvalue weighted by molar-refractivity contribution is 6.01. The molecule has 4 aromatic rings. The average molecular weight is 647 g/mol. The van der Waals surface area contributed by atoms with Crippen molar-refractivity contribution in [2.45, 2.75) is 59.2 Å². The molecule has 0 radical (unpaired) electrons. The van der Waals surface area contributed by atoms with Gasteiger partial charge >= 0.3 is 5.97 Å². The van der Waals surface area contributed by atoms with Gasteiger partial charge < -0.3 is 29.2 Å². The fourth-order valence-corrected chi connectivity index (χ4v) is 6.58. The Labute approximate surface area is 274 Å². The molecular formula is C35H43FN6O5. The molecule has 0 spiro atoms. The zero-order valence-corrected chi connectivity index (χ0v) is 27.9. The van der Waals surface area contributed by atoms with Crippen LogP contribution in [0.3, 0.4) is 0 Å². The number of aryl methyl sites for hydroxylation is 2. The third-order valence-electron chi connectivity index (χ3n) is 8.83. The van der Waals surface area contributed by atoms with Gasteiger partial charge in [0, 0.05) is 67.1 Å². The van der Waals surface area contributed by atoms with Crippen LogP contribution in [-0.2, 0) is 27.7 Å². The van der Waals surface area contributed by atoms with Crippen LogP contribution in [0.5, 0.6) is 5.75 Å². The van der Waals surface area contributed by atoms with Crippen molar-refractivity contribution in [1.82, 2.24) is 24.4 Å². The molecule has 0 saturated carbocycles. The molecule has 6 rings (SSSR count). The van der Waals surface area contributed by atoms with E-state index in [4.69, 9.17) is 19.2 Å². The summed E-state index contributed by atoms with van der Waals surface area (Å²) < 4.78 is 35.0. The summed E-state index contributed by atoms with van der Waals surface area (Å²) in [5.74, 6) is -0.664. The Morgan fingerprint density at radius 2 is 1.91 bits per heavy atom. The van der Waals surface area contributed by atoms with Crippen molar-refractivity contribution < 1.29 is 28.5 Å². The van der Waals surface area contributed by atoms with Crippen LogP contribution in [-0.4, -0.2) is 87.1 Å². The molecule has 3 aromatic heterocycles. The van der Waals surface area contributed by atoms with E-state index in [9.17, 15) is 9.90 Å². The number of nitrogens with zero attached hydrogens (tertiary/aromatic N) is 5. The Morgan fingerprint density at radius 1 is 1.15 bits per heavy atom. The Bertz CT molecular complexity index is 1810. The Morgan fingerprint density at radius 3 is 2.64 bits per heavy atom. The number of ether oxygens (including phenoxy) is 3. The quantitative estimate of drug-likeness (QED) is 0.242. The first-order valence-corrected chi connectivity index (χ1v) is 16.1. The molecule has 11 nitrogen and oxygen atoms in total. The lowest BCUT2D eigenvalue weighted by Crippen LogP contribution is -2.39. The zero-order valence-electron chi connectivity index (χ0n) is 27.9. The number of carbonyl (C=O) groups is 1. The van der Waals surface area contributed by atoms with Gasteiger partial charge in [-0.05, 0) is 70.7 Å². The zero-order chi connectivity index (χ0) is 33.5. The molecule has 2 N–H and O–H groups in total. The van der Waals surface area contributed by atoms with Crippen molar-refractivity contribution in [3.05, 3.63) is 52.7 Å². The number of halogens is 1. The highest BCUT2D eigenvalue weighted by atomic mass is 19.1. The van der Waals surface area contributed by atoms with Crippen molar-refractivity contribution in [1.29, 1.82) is 0 Å². The van der Waals surface area contributed by atoms with Gasteiger partial charge in [0.25, 0.3) is 0 Å². The number of anilines is 1. The average Bonchev–Trinajstić information content (AvgIpc) is 3.37. The number of rotatable bonds is 9. The number of hydrogen-bond donors (Lipinski definition) is 2. The van der Waals surface area contributed by atoms with Crippen LogP contribution < -0.4 is 10.1 Å². The first kappa shape index (κ1) is 32.8. The van der Waals surface area contributed by atoms with Crippen molar-refractivity contribution in [3.63, 3.8) is 0 Å². The van der Waals surface area contributed by atoms with Gasteiger partial charge in [-0.2, -0.15) is 0 Å². The number of nitrogens with one attached hydrogen (secondary N) is 1. The highest BCUT2D eigenvalue weighted by Crippen LogP contribution is 2.45. The maximum atomic E-state index is 15.7. The molecule has 2 aliphatic rings. The fraction of sp³-hybridized carbons (Fsp3) is 0.486. The van der Waals surface area contributed by atoms with E-state index in [2.05, 4.69) is 20.2 Å². The summed E-state index contributed by atoms with van der Waals surface area (Å²) in [4.78, 5) is 29.2. The number of aliphatic carboxylic acids is 1. The second-order valence-electron chi connectivity index (χ2n) is 13.2. The summed E-state index contributed by atoms with van der Waals surface area (Å²) in [5.41, 5.74) is 4.94. The third kappa shape index (κ3) is 6.67. The lowest BCUT2D eigenvalue weighted by atomic mass is 9.86. The fourth-order valence-electron chi connectivity index (χ4n) is 6.58. The van der Waals surface area contributed by atoms with Crippen LogP contribution >= 0.6 is 0 Å². The van der Waals surface area contributed by atoms with Gasteiger partial charge in [-0.25, -0.2) is 24.1 Å². The van der Waals surface area contributed by atoms with Gasteiger partial charge in [0.15, 0.2) is 17.7 Å². The van der Waals surface area contributed by atoms with E-state index in [1.165, 1.54) is 12.4 Å². The Kier molecular flexibility index (Phi) is 9.19. The number of carboxylic acid groups (broad SMARTS) is 1. The van der Waals surface area contributed by atoms with Gasteiger partial charge in [-0.15, -0.1) is 0 Å². The molecule has 250 valence electrons. The number of hydrogen-bond acceptors (Lipinski definition) is 9. The Hall–Kier alpha value is -4.13. The summed E-state index contributed by atoms with van der Waals surface area (Å²) in [6.07, 6.45) is 1.61. The van der Waals surface area contributed by atoms with Crippen LogP contribution in [0, 0.1) is 19.7 Å². The number of fused-ring (bicyclic) bond motifs is 2. The van der Waals surface area contributed by atoms with Crippen LogP contribution in [0.15, 0.2) is 24.5 Å². The monoisotopic (exact) mass is 646 g/mol. The second kappa shape index (κ2) is 13.2. The minimum absolute atomic E-state index is 0.269. The molecule has 47 heavy (non-hydrogen) atoms. The van der Waals surface area contributed by atoms with Gasteiger partial charge in [-0.3, -0.25) is 4.90 Å². The van der Waals surface area contributed by atoms with Crippen LogP contribution in [0.2, 0.25) is 0 Å². The number of morpholine rings is 1. The second-order valence-corrected chi connectivity index (χ2v) is 13.2. The predicted octanol–water partition coefficient (Wildman–Crippen LogP) is 5.46. The summed E-state index contributed by atoms with van der Waals surface area (Å²) in [6.45, 7) is 14.5. The van der Waals surface area contributed by atoms with Gasteiger partial charge in [0.1, 0.15) is 17.8 Å². The topological polar surface area (TPSA) is 124 Å². The van der Waals surface area contributed by atoms with Crippen molar-refractivity contribution in [3.8, 4) is 28.3 Å². The summed E-state index contributed by atoms with van der Waals surface area (Å²) in [6, 6.07) is 5.30. The van der Waals surface area contributed by atoms with Crippen LogP contribution in [0.4, 0.5) is 10.2 Å². The molecule has 5 heterocycles. The van der Waals surface area contributed by atoms with Crippen molar-refractivity contribution in [2.24, 2.45) is 7.05 Å². The third-order valence-corrected chi connectivity index (χ3v) is 8.83. The predicted molar refractivity (Wildman–Crippen MR) is 177 cm³/mol. The molecule has 1 aromatic carbocycles. The first-order valence-electron chi connectivity index (χ1n) is 16.1. The molecular weight excluding hydrogens is 603 g/mol. The van der Waals surface area contributed by atoms with Gasteiger partial charge in [0.05, 0.1) is 36.8 Å². The standard InChI is InChI=1S/C35H43FN6O5/c1-20-22-8-7-13-46-31(22)25(36)16-23(20)30-24-17-27(26-18-28(39-19-38-26)37-9-10-42-11-14-45-15-12-42)41(6)33(24)40-21(2)29(30)32(34(43)44)47-35(3,4)5/h16-19,32H,7-15H2,1-6H3,(H,43,44)(H,37,38,39)/t32-/m0/s1. The maximum absolute atomic E-state index is 15.7. The van der Waals surface area contributed by atoms with Crippen LogP contribution in [0.1, 0.15) is 55.7 Å². The van der Waals surface area contributed by atoms with Gasteiger partial charge in [0.2, 0.25) is 0 Å². The number of carboxylic acids is 1. The van der Waals surface area contributed by atoms with E-state index >= 15 is 4.39 Å². The minimum atomic E-state index is -1.35.